The van der Waals surface area contributed by atoms with Crippen molar-refractivity contribution in [3.63, 3.8) is 0 Å². The van der Waals surface area contributed by atoms with E-state index in [-0.39, 0.29) is 28.3 Å². The molecule has 2 aromatic rings. The number of carbonyl (C=O) groups is 3. The van der Waals surface area contributed by atoms with E-state index in [2.05, 4.69) is 21.2 Å². The Hall–Kier alpha value is -2.60. The molecule has 1 saturated heterocycles. The molecule has 0 unspecified atom stereocenters. The Kier molecular flexibility index (Phi) is 7.21. The summed E-state index contributed by atoms with van der Waals surface area (Å²) in [7, 11) is 0. The zero-order valence-electron chi connectivity index (χ0n) is 16.6. The summed E-state index contributed by atoms with van der Waals surface area (Å²) in [5.41, 5.74) is 0.0782. The maximum Gasteiger partial charge on any atom is 0.336 e. The summed E-state index contributed by atoms with van der Waals surface area (Å²) in [6, 6.07) is 7.09. The molecule has 0 spiro atoms. The van der Waals surface area contributed by atoms with Gasteiger partial charge in [-0.3, -0.25) is 14.9 Å². The van der Waals surface area contributed by atoms with Gasteiger partial charge in [-0.15, -0.1) is 0 Å². The van der Waals surface area contributed by atoms with Crippen LogP contribution in [-0.2, 0) is 9.59 Å². The summed E-state index contributed by atoms with van der Waals surface area (Å²) < 4.78 is 12.2. The maximum atomic E-state index is 13.2. The van der Waals surface area contributed by atoms with E-state index in [1.54, 1.807) is 38.1 Å². The lowest BCUT2D eigenvalue weighted by Crippen LogP contribution is -2.54. The molecule has 3 rings (SSSR count). The van der Waals surface area contributed by atoms with Crippen LogP contribution < -0.4 is 19.7 Å². The molecule has 1 aliphatic rings. The number of phenolic OH excluding ortho intramolecular Hbond substituents is 1. The Bertz CT molecular complexity index is 1100. The number of halogens is 2. The fourth-order valence-corrected chi connectivity index (χ4v) is 4.48. The van der Waals surface area contributed by atoms with Crippen LogP contribution in [0.4, 0.5) is 10.5 Å². The standard InChI is InChI=1S/C21H18BrIN2O6/c1-3-30-13-5-6-17(31-4-2)16(10-13)25-20(28)14(19(27)24-21(25)29)8-11-7-12(22)9-15(23)18(11)26/h5-10,26H,3-4H2,1-2H3,(H,24,27,29)/b14-8-. The first kappa shape index (κ1) is 23.1. The van der Waals surface area contributed by atoms with E-state index in [0.717, 1.165) is 4.90 Å². The summed E-state index contributed by atoms with van der Waals surface area (Å²) >= 11 is 5.26. The molecule has 0 saturated carbocycles. The van der Waals surface area contributed by atoms with Gasteiger partial charge in [-0.25, -0.2) is 9.69 Å². The number of ether oxygens (including phenoxy) is 2. The molecule has 8 nitrogen and oxygen atoms in total. The van der Waals surface area contributed by atoms with Crippen molar-refractivity contribution in [1.29, 1.82) is 0 Å². The van der Waals surface area contributed by atoms with Crippen LogP contribution in [0.3, 0.4) is 0 Å². The smallest absolute Gasteiger partial charge is 0.336 e. The number of phenols is 1. The van der Waals surface area contributed by atoms with Gasteiger partial charge in [0.15, 0.2) is 0 Å². The molecule has 0 atom stereocenters. The van der Waals surface area contributed by atoms with Crippen LogP contribution in [0.25, 0.3) is 6.08 Å². The normalized spacial score (nSPS) is 15.3. The molecule has 10 heteroatoms. The molecule has 0 radical (unpaired) electrons. The minimum Gasteiger partial charge on any atom is -0.506 e. The van der Waals surface area contributed by atoms with Crippen molar-refractivity contribution in [2.75, 3.05) is 18.1 Å². The highest BCUT2D eigenvalue weighted by Crippen LogP contribution is 2.36. The minimum atomic E-state index is -0.908. The molecule has 31 heavy (non-hydrogen) atoms. The van der Waals surface area contributed by atoms with E-state index < -0.39 is 17.8 Å². The molecule has 1 heterocycles. The quantitative estimate of drug-likeness (QED) is 0.292. The number of rotatable bonds is 6. The van der Waals surface area contributed by atoms with E-state index in [4.69, 9.17) is 9.47 Å². The van der Waals surface area contributed by atoms with Crippen molar-refractivity contribution < 1.29 is 29.0 Å². The number of anilines is 1. The van der Waals surface area contributed by atoms with Gasteiger partial charge in [0, 0.05) is 16.1 Å². The SMILES string of the molecule is CCOc1ccc(OCC)c(N2C(=O)NC(=O)/C(=C/c3cc(Br)cc(I)c3O)C2=O)c1. The zero-order chi connectivity index (χ0) is 22.7. The highest BCUT2D eigenvalue weighted by molar-refractivity contribution is 14.1. The van der Waals surface area contributed by atoms with Crippen molar-refractivity contribution in [3.8, 4) is 17.2 Å². The molecular formula is C21H18BrIN2O6. The monoisotopic (exact) mass is 600 g/mol. The lowest BCUT2D eigenvalue weighted by atomic mass is 10.1. The molecule has 1 aliphatic heterocycles. The first-order chi connectivity index (χ1) is 14.8. The number of carbonyl (C=O) groups excluding carboxylic acids is 3. The predicted molar refractivity (Wildman–Crippen MR) is 126 cm³/mol. The predicted octanol–water partition coefficient (Wildman–Crippen LogP) is 4.22. The maximum absolute atomic E-state index is 13.2. The highest BCUT2D eigenvalue weighted by Gasteiger charge is 2.38. The van der Waals surface area contributed by atoms with E-state index in [0.29, 0.717) is 27.0 Å². The number of barbiturate groups is 1. The average molecular weight is 601 g/mol. The first-order valence-corrected chi connectivity index (χ1v) is 11.1. The Balaban J connectivity index is 2.11. The number of amides is 4. The summed E-state index contributed by atoms with van der Waals surface area (Å²) in [6.07, 6.45) is 1.24. The zero-order valence-corrected chi connectivity index (χ0v) is 20.3. The molecule has 1 fully saturated rings. The second-order valence-corrected chi connectivity index (χ2v) is 8.36. The Morgan fingerprint density at radius 2 is 1.84 bits per heavy atom. The topological polar surface area (TPSA) is 105 Å². The molecule has 162 valence electrons. The van der Waals surface area contributed by atoms with Crippen molar-refractivity contribution in [1.82, 2.24) is 5.32 Å². The van der Waals surface area contributed by atoms with Crippen LogP contribution in [0.5, 0.6) is 17.2 Å². The molecule has 0 aliphatic carbocycles. The van der Waals surface area contributed by atoms with Gasteiger partial charge in [0.05, 0.1) is 22.5 Å². The number of nitrogens with one attached hydrogen (secondary N) is 1. The number of aromatic hydroxyl groups is 1. The molecule has 2 aromatic carbocycles. The third-order valence-corrected chi connectivity index (χ3v) is 5.52. The van der Waals surface area contributed by atoms with Crippen LogP contribution in [0.1, 0.15) is 19.4 Å². The largest absolute Gasteiger partial charge is 0.506 e. The van der Waals surface area contributed by atoms with Crippen LogP contribution in [0.15, 0.2) is 40.4 Å². The van der Waals surface area contributed by atoms with E-state index in [1.807, 2.05) is 22.6 Å². The first-order valence-electron chi connectivity index (χ1n) is 9.25. The lowest BCUT2D eigenvalue weighted by molar-refractivity contribution is -0.122. The third-order valence-electron chi connectivity index (χ3n) is 4.24. The van der Waals surface area contributed by atoms with Gasteiger partial charge in [-0.2, -0.15) is 0 Å². The summed E-state index contributed by atoms with van der Waals surface area (Å²) in [4.78, 5) is 39.1. The Labute approximate surface area is 200 Å². The summed E-state index contributed by atoms with van der Waals surface area (Å²) in [6.45, 7) is 4.26. The second-order valence-electron chi connectivity index (χ2n) is 6.28. The fourth-order valence-electron chi connectivity index (χ4n) is 2.93. The molecular weight excluding hydrogens is 583 g/mol. The minimum absolute atomic E-state index is 0.0892. The van der Waals surface area contributed by atoms with Crippen molar-refractivity contribution in [2.24, 2.45) is 0 Å². The number of hydrogen-bond acceptors (Lipinski definition) is 6. The number of benzene rings is 2. The van der Waals surface area contributed by atoms with Crippen LogP contribution in [0, 0.1) is 3.57 Å². The third kappa shape index (κ3) is 4.85. The van der Waals surface area contributed by atoms with Gasteiger partial charge < -0.3 is 14.6 Å². The number of nitrogens with zero attached hydrogens (tertiary/aromatic N) is 1. The van der Waals surface area contributed by atoms with Gasteiger partial charge in [-0.1, -0.05) is 15.9 Å². The van der Waals surface area contributed by atoms with Gasteiger partial charge in [0.25, 0.3) is 11.8 Å². The van der Waals surface area contributed by atoms with Crippen LogP contribution >= 0.6 is 38.5 Å². The van der Waals surface area contributed by atoms with E-state index >= 15 is 0 Å². The van der Waals surface area contributed by atoms with Gasteiger partial charge >= 0.3 is 6.03 Å². The van der Waals surface area contributed by atoms with E-state index in [9.17, 15) is 19.5 Å². The van der Waals surface area contributed by atoms with Crippen molar-refractivity contribution in [2.45, 2.75) is 13.8 Å². The van der Waals surface area contributed by atoms with Crippen molar-refractivity contribution in [3.05, 3.63) is 49.5 Å². The van der Waals surface area contributed by atoms with Gasteiger partial charge in [0.2, 0.25) is 0 Å². The average Bonchev–Trinajstić information content (AvgIpc) is 2.70. The molecule has 4 amide bonds. The van der Waals surface area contributed by atoms with E-state index in [1.165, 1.54) is 12.1 Å². The summed E-state index contributed by atoms with van der Waals surface area (Å²) in [5, 5.41) is 12.5. The molecule has 2 N–H and O–H groups in total. The van der Waals surface area contributed by atoms with Gasteiger partial charge in [0.1, 0.15) is 22.8 Å². The summed E-state index contributed by atoms with van der Waals surface area (Å²) in [5.74, 6) is -1.09. The Morgan fingerprint density at radius 3 is 2.52 bits per heavy atom. The lowest BCUT2D eigenvalue weighted by Gasteiger charge is -2.28. The second kappa shape index (κ2) is 9.69. The molecule has 0 aromatic heterocycles. The van der Waals surface area contributed by atoms with Crippen molar-refractivity contribution >= 4 is 68.1 Å². The number of urea groups is 1. The number of imide groups is 2. The highest BCUT2D eigenvalue weighted by atomic mass is 127. The Morgan fingerprint density at radius 1 is 1.13 bits per heavy atom. The fraction of sp³-hybridized carbons (Fsp3) is 0.190. The van der Waals surface area contributed by atoms with Crippen LogP contribution in [0.2, 0.25) is 0 Å². The van der Waals surface area contributed by atoms with Gasteiger partial charge in [-0.05, 0) is 66.8 Å². The molecule has 0 bridgehead atoms. The number of hydrogen-bond donors (Lipinski definition) is 2. The van der Waals surface area contributed by atoms with Crippen LogP contribution in [-0.4, -0.2) is 36.2 Å².